The highest BCUT2D eigenvalue weighted by Gasteiger charge is 2.12. The van der Waals surface area contributed by atoms with Crippen LogP contribution in [0, 0.1) is 11.6 Å². The normalized spacial score (nSPS) is 11.3. The Balaban J connectivity index is 1.93. The molecule has 0 saturated carbocycles. The molecule has 0 atom stereocenters. The van der Waals surface area contributed by atoms with Crippen molar-refractivity contribution in [1.82, 2.24) is 15.0 Å². The van der Waals surface area contributed by atoms with E-state index in [9.17, 15) is 8.78 Å². The van der Waals surface area contributed by atoms with Crippen molar-refractivity contribution in [1.29, 1.82) is 0 Å². The second-order valence-electron chi connectivity index (χ2n) is 4.76. The Morgan fingerprint density at radius 3 is 2.67 bits per heavy atom. The SMILES string of the molecule is Fc1cc(F)c2nc(-c3ccc4ccccc4n3)[nH]c2c1. The third-order valence-corrected chi connectivity index (χ3v) is 3.35. The number of nitrogens with one attached hydrogen (secondary N) is 1. The van der Waals surface area contributed by atoms with Crippen LogP contribution in [0.3, 0.4) is 0 Å². The Morgan fingerprint density at radius 1 is 0.905 bits per heavy atom. The van der Waals surface area contributed by atoms with Gasteiger partial charge in [0.2, 0.25) is 0 Å². The molecule has 102 valence electrons. The van der Waals surface area contributed by atoms with Crippen molar-refractivity contribution >= 4 is 21.9 Å². The molecular formula is C16H9F2N3. The van der Waals surface area contributed by atoms with Crippen molar-refractivity contribution in [3.63, 3.8) is 0 Å². The lowest BCUT2D eigenvalue weighted by Gasteiger charge is -1.99. The van der Waals surface area contributed by atoms with Gasteiger partial charge >= 0.3 is 0 Å². The van der Waals surface area contributed by atoms with Gasteiger partial charge in [-0.2, -0.15) is 0 Å². The predicted octanol–water partition coefficient (Wildman–Crippen LogP) is 4.06. The molecule has 5 heteroatoms. The van der Waals surface area contributed by atoms with E-state index in [1.54, 1.807) is 6.07 Å². The van der Waals surface area contributed by atoms with Gasteiger partial charge in [0, 0.05) is 11.5 Å². The number of imidazole rings is 1. The number of fused-ring (bicyclic) bond motifs is 2. The van der Waals surface area contributed by atoms with Crippen molar-refractivity contribution in [2.75, 3.05) is 0 Å². The Morgan fingerprint density at radius 2 is 1.76 bits per heavy atom. The highest BCUT2D eigenvalue weighted by molar-refractivity contribution is 5.83. The van der Waals surface area contributed by atoms with Gasteiger partial charge in [0.25, 0.3) is 0 Å². The van der Waals surface area contributed by atoms with E-state index in [1.165, 1.54) is 6.07 Å². The monoisotopic (exact) mass is 281 g/mol. The first-order chi connectivity index (χ1) is 10.2. The summed E-state index contributed by atoms with van der Waals surface area (Å²) >= 11 is 0. The van der Waals surface area contributed by atoms with Gasteiger partial charge in [-0.05, 0) is 18.2 Å². The zero-order valence-corrected chi connectivity index (χ0v) is 10.8. The molecule has 0 aliphatic rings. The van der Waals surface area contributed by atoms with Crippen molar-refractivity contribution in [2.45, 2.75) is 0 Å². The summed E-state index contributed by atoms with van der Waals surface area (Å²) in [5, 5.41) is 1.01. The van der Waals surface area contributed by atoms with Gasteiger partial charge in [-0.1, -0.05) is 24.3 Å². The summed E-state index contributed by atoms with van der Waals surface area (Å²) in [7, 11) is 0. The highest BCUT2D eigenvalue weighted by atomic mass is 19.1. The lowest BCUT2D eigenvalue weighted by Crippen LogP contribution is -1.86. The minimum Gasteiger partial charge on any atom is -0.336 e. The summed E-state index contributed by atoms with van der Waals surface area (Å²) < 4.78 is 26.9. The van der Waals surface area contributed by atoms with Crippen LogP contribution in [0.5, 0.6) is 0 Å². The number of nitrogens with zero attached hydrogens (tertiary/aromatic N) is 2. The molecule has 0 bridgehead atoms. The number of aromatic nitrogens is 3. The molecule has 3 nitrogen and oxygen atoms in total. The topological polar surface area (TPSA) is 41.6 Å². The molecule has 2 aromatic carbocycles. The first-order valence-corrected chi connectivity index (χ1v) is 6.42. The molecule has 0 amide bonds. The van der Waals surface area contributed by atoms with E-state index in [-0.39, 0.29) is 5.52 Å². The van der Waals surface area contributed by atoms with Gasteiger partial charge in [-0.25, -0.2) is 18.7 Å². The van der Waals surface area contributed by atoms with Crippen LogP contribution in [0.15, 0.2) is 48.5 Å². The van der Waals surface area contributed by atoms with Gasteiger partial charge < -0.3 is 4.98 Å². The van der Waals surface area contributed by atoms with Crippen LogP contribution in [0.1, 0.15) is 0 Å². The summed E-state index contributed by atoms with van der Waals surface area (Å²) in [5.41, 5.74) is 1.84. The number of H-pyrrole nitrogens is 1. The number of halogens is 2. The largest absolute Gasteiger partial charge is 0.336 e. The van der Waals surface area contributed by atoms with Gasteiger partial charge in [0.05, 0.1) is 11.0 Å². The number of rotatable bonds is 1. The predicted molar refractivity (Wildman–Crippen MR) is 76.7 cm³/mol. The molecule has 0 radical (unpaired) electrons. The van der Waals surface area contributed by atoms with Crippen LogP contribution >= 0.6 is 0 Å². The Labute approximate surface area is 118 Å². The van der Waals surface area contributed by atoms with Gasteiger partial charge in [-0.3, -0.25) is 0 Å². The van der Waals surface area contributed by atoms with E-state index in [4.69, 9.17) is 0 Å². The van der Waals surface area contributed by atoms with E-state index >= 15 is 0 Å². The summed E-state index contributed by atoms with van der Waals surface area (Å²) in [5.74, 6) is -0.907. The second kappa shape index (κ2) is 4.34. The molecule has 4 aromatic rings. The molecule has 21 heavy (non-hydrogen) atoms. The number of benzene rings is 2. The average Bonchev–Trinajstić information content (AvgIpc) is 2.91. The first kappa shape index (κ1) is 12.0. The van der Waals surface area contributed by atoms with E-state index in [1.807, 2.05) is 30.3 Å². The second-order valence-corrected chi connectivity index (χ2v) is 4.76. The van der Waals surface area contributed by atoms with Gasteiger partial charge in [0.1, 0.15) is 17.0 Å². The van der Waals surface area contributed by atoms with Crippen molar-refractivity contribution in [3.8, 4) is 11.5 Å². The lowest BCUT2D eigenvalue weighted by molar-refractivity contribution is 0.591. The van der Waals surface area contributed by atoms with Crippen LogP contribution in [-0.4, -0.2) is 15.0 Å². The molecule has 0 saturated heterocycles. The minimum absolute atomic E-state index is 0.112. The Kier molecular flexibility index (Phi) is 2.47. The van der Waals surface area contributed by atoms with Crippen LogP contribution in [0.25, 0.3) is 33.5 Å². The van der Waals surface area contributed by atoms with Crippen LogP contribution in [0.2, 0.25) is 0 Å². The van der Waals surface area contributed by atoms with Gasteiger partial charge in [0.15, 0.2) is 11.6 Å². The molecule has 0 unspecified atom stereocenters. The maximum absolute atomic E-state index is 13.7. The standard InChI is InChI=1S/C16H9F2N3/c17-10-7-11(18)15-14(8-10)20-16(21-15)13-6-5-9-3-1-2-4-12(9)19-13/h1-8H,(H,20,21). The molecule has 0 aliphatic heterocycles. The van der Waals surface area contributed by atoms with Crippen LogP contribution in [-0.2, 0) is 0 Å². The molecule has 0 spiro atoms. The number of aromatic amines is 1. The molecule has 4 rings (SSSR count). The Hall–Kier alpha value is -2.82. The van der Waals surface area contributed by atoms with Crippen LogP contribution in [0.4, 0.5) is 8.78 Å². The number of para-hydroxylation sites is 1. The summed E-state index contributed by atoms with van der Waals surface area (Å²) in [4.78, 5) is 11.6. The van der Waals surface area contributed by atoms with Gasteiger partial charge in [-0.15, -0.1) is 0 Å². The fourth-order valence-corrected chi connectivity index (χ4v) is 2.36. The fourth-order valence-electron chi connectivity index (χ4n) is 2.36. The summed E-state index contributed by atoms with van der Waals surface area (Å²) in [6.45, 7) is 0. The smallest absolute Gasteiger partial charge is 0.157 e. The number of pyridine rings is 1. The average molecular weight is 281 g/mol. The zero-order valence-electron chi connectivity index (χ0n) is 10.8. The van der Waals surface area contributed by atoms with E-state index in [0.29, 0.717) is 17.0 Å². The van der Waals surface area contributed by atoms with E-state index < -0.39 is 11.6 Å². The first-order valence-electron chi connectivity index (χ1n) is 6.42. The summed E-state index contributed by atoms with van der Waals surface area (Å²) in [6, 6.07) is 13.4. The Bertz CT molecular complexity index is 976. The fraction of sp³-hybridized carbons (Fsp3) is 0. The maximum Gasteiger partial charge on any atom is 0.157 e. The van der Waals surface area contributed by atoms with Crippen molar-refractivity contribution in [2.24, 2.45) is 0 Å². The quantitative estimate of drug-likeness (QED) is 0.571. The molecule has 2 heterocycles. The zero-order chi connectivity index (χ0) is 14.4. The minimum atomic E-state index is -0.687. The molecule has 1 N–H and O–H groups in total. The highest BCUT2D eigenvalue weighted by Crippen LogP contribution is 2.23. The number of hydrogen-bond acceptors (Lipinski definition) is 2. The number of hydrogen-bond donors (Lipinski definition) is 1. The third kappa shape index (κ3) is 1.94. The van der Waals surface area contributed by atoms with Crippen molar-refractivity contribution < 1.29 is 8.78 Å². The van der Waals surface area contributed by atoms with E-state index in [0.717, 1.165) is 17.0 Å². The molecular weight excluding hydrogens is 272 g/mol. The maximum atomic E-state index is 13.7. The van der Waals surface area contributed by atoms with Crippen LogP contribution < -0.4 is 0 Å². The van der Waals surface area contributed by atoms with Crippen molar-refractivity contribution in [3.05, 3.63) is 60.2 Å². The summed E-state index contributed by atoms with van der Waals surface area (Å²) in [6.07, 6.45) is 0. The molecule has 0 fully saturated rings. The van der Waals surface area contributed by atoms with E-state index in [2.05, 4.69) is 15.0 Å². The third-order valence-electron chi connectivity index (χ3n) is 3.35. The molecule has 2 aromatic heterocycles. The molecule has 0 aliphatic carbocycles. The lowest BCUT2D eigenvalue weighted by atomic mass is 10.2.